The van der Waals surface area contributed by atoms with E-state index < -0.39 is 16.7 Å². The lowest BCUT2D eigenvalue weighted by atomic mass is 9.98. The summed E-state index contributed by atoms with van der Waals surface area (Å²) in [6, 6.07) is 5.50. The molecule has 0 aromatic heterocycles. The number of carbonyl (C=O) groups is 1. The normalized spacial score (nSPS) is 9.81. The van der Waals surface area contributed by atoms with Crippen LogP contribution in [0, 0.1) is 27.4 Å². The van der Waals surface area contributed by atoms with Crippen LogP contribution in [0.4, 0.5) is 5.69 Å². The molecule has 16 heavy (non-hydrogen) atoms. The van der Waals surface area contributed by atoms with E-state index >= 15 is 0 Å². The molecule has 0 spiro atoms. The monoisotopic (exact) mass is 282 g/mol. The minimum Gasteiger partial charge on any atom is -0.368 e. The molecule has 0 saturated heterocycles. The molecule has 0 bridgehead atoms. The molecule has 2 N–H and O–H groups in total. The number of rotatable bonds is 3. The summed E-state index contributed by atoms with van der Waals surface area (Å²) in [4.78, 5) is 21.0. The van der Waals surface area contributed by atoms with Gasteiger partial charge in [0.15, 0.2) is 5.92 Å². The number of carbonyl (C=O) groups excluding carboxylic acids is 1. The summed E-state index contributed by atoms with van der Waals surface area (Å²) in [6.07, 6.45) is 0. The molecule has 0 fully saturated rings. The Morgan fingerprint density at radius 1 is 1.56 bits per heavy atom. The molecule has 81 valence electrons. The van der Waals surface area contributed by atoms with Gasteiger partial charge in [0, 0.05) is 10.5 Å². The number of nitrogens with zero attached hydrogens (tertiary/aromatic N) is 2. The van der Waals surface area contributed by atoms with Crippen molar-refractivity contribution in [2.24, 2.45) is 5.73 Å². The fraction of sp³-hybridized carbons (Fsp3) is 0. The van der Waals surface area contributed by atoms with Crippen molar-refractivity contribution in [3.05, 3.63) is 44.3 Å². The van der Waals surface area contributed by atoms with Crippen molar-refractivity contribution in [2.45, 2.75) is 0 Å². The zero-order valence-electron chi connectivity index (χ0n) is 7.81. The van der Waals surface area contributed by atoms with Crippen LogP contribution < -0.4 is 5.73 Å². The summed E-state index contributed by atoms with van der Waals surface area (Å²) < 4.78 is 0.516. The van der Waals surface area contributed by atoms with Crippen molar-refractivity contribution in [1.29, 1.82) is 5.26 Å². The second-order valence-corrected chi connectivity index (χ2v) is 3.69. The zero-order valence-corrected chi connectivity index (χ0v) is 9.39. The first kappa shape index (κ1) is 12.1. The average Bonchev–Trinajstić information content (AvgIpc) is 2.17. The Morgan fingerprint density at radius 2 is 2.19 bits per heavy atom. The quantitative estimate of drug-likeness (QED) is 0.665. The average molecular weight is 283 g/mol. The molecule has 0 aliphatic rings. The number of benzene rings is 1. The maximum Gasteiger partial charge on any atom is 0.274 e. The fourth-order valence-electron chi connectivity index (χ4n) is 1.12. The number of nitrogens with two attached hydrogens (primary N) is 1. The highest BCUT2D eigenvalue weighted by Gasteiger charge is 2.27. The first-order valence-corrected chi connectivity index (χ1v) is 4.78. The van der Waals surface area contributed by atoms with Crippen LogP contribution in [0.25, 0.3) is 0 Å². The highest BCUT2D eigenvalue weighted by Crippen LogP contribution is 2.28. The van der Waals surface area contributed by atoms with E-state index in [-0.39, 0.29) is 11.3 Å². The largest absolute Gasteiger partial charge is 0.368 e. The van der Waals surface area contributed by atoms with Gasteiger partial charge in [0.25, 0.3) is 5.69 Å². The number of hydrogen-bond acceptors (Lipinski definition) is 4. The van der Waals surface area contributed by atoms with Gasteiger partial charge in [-0.3, -0.25) is 14.9 Å². The molecule has 1 aromatic carbocycles. The van der Waals surface area contributed by atoms with E-state index in [0.29, 0.717) is 4.47 Å². The topological polar surface area (TPSA) is 110 Å². The predicted molar refractivity (Wildman–Crippen MR) is 57.9 cm³/mol. The van der Waals surface area contributed by atoms with Crippen LogP contribution in [-0.2, 0) is 4.79 Å². The minimum atomic E-state index is -0.997. The number of nitro groups is 1. The van der Waals surface area contributed by atoms with Crippen LogP contribution in [0.1, 0.15) is 5.56 Å². The third-order valence-corrected chi connectivity index (χ3v) is 2.28. The molecule has 1 aromatic rings. The van der Waals surface area contributed by atoms with E-state index in [0.717, 1.165) is 0 Å². The van der Waals surface area contributed by atoms with Crippen LogP contribution in [-0.4, -0.2) is 10.8 Å². The maximum atomic E-state index is 10.9. The van der Waals surface area contributed by atoms with Crippen LogP contribution in [0.15, 0.2) is 22.7 Å². The molecule has 1 amide bonds. The Bertz CT molecular complexity index is 495. The van der Waals surface area contributed by atoms with Crippen LogP contribution >= 0.6 is 15.9 Å². The first-order valence-electron chi connectivity index (χ1n) is 3.98. The van der Waals surface area contributed by atoms with Gasteiger partial charge in [-0.15, -0.1) is 0 Å². The van der Waals surface area contributed by atoms with E-state index in [4.69, 9.17) is 11.0 Å². The molecular weight excluding hydrogens is 278 g/mol. The lowest BCUT2D eigenvalue weighted by molar-refractivity contribution is -0.385. The van der Waals surface area contributed by atoms with Crippen LogP contribution in [0.3, 0.4) is 0 Å². The van der Waals surface area contributed by atoms with Gasteiger partial charge in [0.05, 0.1) is 16.6 Å². The third kappa shape index (κ3) is 2.35. The van der Waals surface area contributed by atoms with Crippen molar-refractivity contribution in [3.8, 4) is 6.07 Å². The highest BCUT2D eigenvalue weighted by molar-refractivity contribution is 9.10. The van der Waals surface area contributed by atoms with Crippen molar-refractivity contribution < 1.29 is 9.72 Å². The summed E-state index contributed by atoms with van der Waals surface area (Å²) in [7, 11) is 0. The smallest absolute Gasteiger partial charge is 0.274 e. The number of primary amides is 1. The summed E-state index contributed by atoms with van der Waals surface area (Å²) in [5.41, 5.74) is 4.54. The van der Waals surface area contributed by atoms with Gasteiger partial charge in [-0.1, -0.05) is 15.9 Å². The highest BCUT2D eigenvalue weighted by atomic mass is 79.9. The number of halogens is 1. The van der Waals surface area contributed by atoms with Gasteiger partial charge >= 0.3 is 0 Å². The van der Waals surface area contributed by atoms with E-state index in [1.54, 1.807) is 6.07 Å². The molecule has 0 atom stereocenters. The predicted octanol–water partition coefficient (Wildman–Crippen LogP) is 1.29. The standard InChI is InChI=1S/C9H5BrN3O3/c10-5-1-2-8(13(15)16)6(3-5)7(4-11)9(12)14/h1-3H,(H2,12,14). The Morgan fingerprint density at radius 3 is 2.62 bits per heavy atom. The van der Waals surface area contributed by atoms with E-state index in [9.17, 15) is 14.9 Å². The van der Waals surface area contributed by atoms with Gasteiger partial charge in [-0.2, -0.15) is 5.26 Å². The molecule has 0 aliphatic heterocycles. The summed E-state index contributed by atoms with van der Waals surface area (Å²) >= 11 is 3.09. The summed E-state index contributed by atoms with van der Waals surface area (Å²) in [5, 5.41) is 19.4. The maximum absolute atomic E-state index is 10.9. The lowest BCUT2D eigenvalue weighted by Crippen LogP contribution is -2.21. The molecule has 0 heterocycles. The Balaban J connectivity index is 3.40. The molecular formula is C9H5BrN3O3. The fourth-order valence-corrected chi connectivity index (χ4v) is 1.48. The Hall–Kier alpha value is -1.94. The molecule has 6 nitrogen and oxygen atoms in total. The molecule has 1 rings (SSSR count). The van der Waals surface area contributed by atoms with E-state index in [1.807, 2.05) is 0 Å². The SMILES string of the molecule is N#C[C](C(N)=O)c1cc(Br)ccc1[N+](=O)[O-]. The second kappa shape index (κ2) is 4.72. The van der Waals surface area contributed by atoms with Gasteiger partial charge in [-0.05, 0) is 12.1 Å². The number of nitriles is 1. The number of nitro benzene ring substituents is 1. The van der Waals surface area contributed by atoms with Gasteiger partial charge in [0.2, 0.25) is 5.91 Å². The van der Waals surface area contributed by atoms with Crippen molar-refractivity contribution in [3.63, 3.8) is 0 Å². The number of hydrogen-bond donors (Lipinski definition) is 1. The summed E-state index contributed by atoms with van der Waals surface area (Å²) in [5.74, 6) is -1.43. The van der Waals surface area contributed by atoms with Gasteiger partial charge in [-0.25, -0.2) is 0 Å². The first-order chi connectivity index (χ1) is 7.47. The van der Waals surface area contributed by atoms with Gasteiger partial charge in [0.1, 0.15) is 0 Å². The zero-order chi connectivity index (χ0) is 12.3. The molecule has 0 unspecified atom stereocenters. The molecule has 0 saturated carbocycles. The molecule has 0 aliphatic carbocycles. The van der Waals surface area contributed by atoms with Gasteiger partial charge < -0.3 is 5.73 Å². The van der Waals surface area contributed by atoms with Crippen molar-refractivity contribution >= 4 is 27.5 Å². The van der Waals surface area contributed by atoms with E-state index in [1.165, 1.54) is 18.2 Å². The van der Waals surface area contributed by atoms with Crippen LogP contribution in [0.2, 0.25) is 0 Å². The van der Waals surface area contributed by atoms with Crippen molar-refractivity contribution in [1.82, 2.24) is 0 Å². The lowest BCUT2D eigenvalue weighted by Gasteiger charge is -2.05. The molecule has 7 heteroatoms. The number of amides is 1. The Labute approximate surface area is 98.9 Å². The van der Waals surface area contributed by atoms with Crippen LogP contribution in [0.5, 0.6) is 0 Å². The summed E-state index contributed by atoms with van der Waals surface area (Å²) in [6.45, 7) is 0. The van der Waals surface area contributed by atoms with E-state index in [2.05, 4.69) is 15.9 Å². The second-order valence-electron chi connectivity index (χ2n) is 2.77. The van der Waals surface area contributed by atoms with Crippen molar-refractivity contribution in [2.75, 3.05) is 0 Å². The molecule has 1 radical (unpaired) electrons. The third-order valence-electron chi connectivity index (χ3n) is 1.78. The minimum absolute atomic E-state index is 0.0885. The Kier molecular flexibility index (Phi) is 3.58.